The molecule has 0 fully saturated rings. The van der Waals surface area contributed by atoms with Crippen LogP contribution < -0.4 is 15.6 Å². The molecule has 0 aliphatic rings. The number of para-hydroxylation sites is 1. The third kappa shape index (κ3) is 3.65. The van der Waals surface area contributed by atoms with Gasteiger partial charge in [0.15, 0.2) is 0 Å². The number of amides is 1. The Morgan fingerprint density at radius 1 is 0.870 bits per heavy atom. The van der Waals surface area contributed by atoms with Gasteiger partial charge in [0.2, 0.25) is 0 Å². The number of aromatic nitrogens is 1. The van der Waals surface area contributed by atoms with Crippen molar-refractivity contribution < 1.29 is 9.53 Å². The number of benzene rings is 2. The lowest BCUT2D eigenvalue weighted by Gasteiger charge is -2.08. The molecule has 23 heavy (non-hydrogen) atoms. The summed E-state index contributed by atoms with van der Waals surface area (Å²) in [4.78, 5) is 26.1. The Balaban J connectivity index is 1.69. The Hall–Kier alpha value is -3.34. The van der Waals surface area contributed by atoms with Crippen molar-refractivity contribution in [2.45, 2.75) is 0 Å². The van der Waals surface area contributed by atoms with Crippen molar-refractivity contribution in [2.24, 2.45) is 0 Å². The number of carbonyl (C=O) groups excluding carboxylic acids is 1. The van der Waals surface area contributed by atoms with Crippen molar-refractivity contribution in [1.29, 1.82) is 0 Å². The topological polar surface area (TPSA) is 71.2 Å². The van der Waals surface area contributed by atoms with Crippen LogP contribution in [0.2, 0.25) is 0 Å². The van der Waals surface area contributed by atoms with E-state index < -0.39 is 11.5 Å². The molecular weight excluding hydrogens is 292 g/mol. The van der Waals surface area contributed by atoms with Crippen LogP contribution in [-0.4, -0.2) is 10.9 Å². The highest BCUT2D eigenvalue weighted by atomic mass is 16.5. The van der Waals surface area contributed by atoms with Gasteiger partial charge in [0.05, 0.1) is 0 Å². The van der Waals surface area contributed by atoms with Crippen LogP contribution in [0.1, 0.15) is 10.4 Å². The van der Waals surface area contributed by atoms with Crippen LogP contribution in [0, 0.1) is 0 Å². The molecule has 0 atom stereocenters. The number of H-pyrrole nitrogens is 1. The van der Waals surface area contributed by atoms with Crippen molar-refractivity contribution in [2.75, 3.05) is 5.32 Å². The summed E-state index contributed by atoms with van der Waals surface area (Å²) in [5.74, 6) is 0.940. The van der Waals surface area contributed by atoms with Crippen LogP contribution in [0.25, 0.3) is 0 Å². The third-order valence-corrected chi connectivity index (χ3v) is 3.15. The molecular formula is C18H14N2O3. The number of anilines is 1. The number of pyridine rings is 1. The molecule has 0 saturated carbocycles. The molecule has 0 saturated heterocycles. The molecule has 0 spiro atoms. The van der Waals surface area contributed by atoms with Gasteiger partial charge in [-0.1, -0.05) is 18.2 Å². The first kappa shape index (κ1) is 14.6. The monoisotopic (exact) mass is 306 g/mol. The molecule has 3 rings (SSSR count). The van der Waals surface area contributed by atoms with Gasteiger partial charge in [0.25, 0.3) is 11.5 Å². The van der Waals surface area contributed by atoms with Crippen LogP contribution in [0.4, 0.5) is 5.69 Å². The van der Waals surface area contributed by atoms with Gasteiger partial charge in [-0.25, -0.2) is 0 Å². The Morgan fingerprint density at radius 2 is 1.57 bits per heavy atom. The van der Waals surface area contributed by atoms with Crippen LogP contribution in [0.5, 0.6) is 11.5 Å². The lowest BCUT2D eigenvalue weighted by molar-refractivity contribution is 0.102. The summed E-state index contributed by atoms with van der Waals surface area (Å²) in [5, 5.41) is 2.68. The molecule has 0 radical (unpaired) electrons. The molecule has 0 bridgehead atoms. The number of ether oxygens (including phenoxy) is 1. The second-order valence-corrected chi connectivity index (χ2v) is 4.81. The van der Waals surface area contributed by atoms with E-state index in [4.69, 9.17) is 4.74 Å². The maximum absolute atomic E-state index is 12.0. The minimum atomic E-state index is -0.455. The van der Waals surface area contributed by atoms with E-state index in [1.807, 2.05) is 30.3 Å². The molecule has 0 aliphatic heterocycles. The molecule has 5 heteroatoms. The van der Waals surface area contributed by atoms with E-state index in [9.17, 15) is 9.59 Å². The highest BCUT2D eigenvalue weighted by molar-refractivity contribution is 6.03. The Morgan fingerprint density at radius 3 is 2.26 bits per heavy atom. The molecule has 2 aromatic carbocycles. The Bertz CT molecular complexity index is 855. The fraction of sp³-hybridized carbons (Fsp3) is 0. The number of hydrogen-bond acceptors (Lipinski definition) is 3. The predicted molar refractivity (Wildman–Crippen MR) is 88.0 cm³/mol. The molecule has 2 N–H and O–H groups in total. The average molecular weight is 306 g/mol. The van der Waals surface area contributed by atoms with Crippen LogP contribution in [0.3, 0.4) is 0 Å². The molecule has 0 unspecified atom stereocenters. The summed E-state index contributed by atoms with van der Waals surface area (Å²) in [6.07, 6.45) is 1.48. The van der Waals surface area contributed by atoms with Gasteiger partial charge < -0.3 is 15.0 Å². The van der Waals surface area contributed by atoms with Crippen LogP contribution in [0.15, 0.2) is 77.7 Å². The summed E-state index contributed by atoms with van der Waals surface area (Å²) in [5.41, 5.74) is 0.227. The Kier molecular flexibility index (Phi) is 4.20. The van der Waals surface area contributed by atoms with Crippen molar-refractivity contribution in [3.8, 4) is 11.5 Å². The van der Waals surface area contributed by atoms with E-state index in [1.165, 1.54) is 12.3 Å². The minimum absolute atomic E-state index is 0.0668. The summed E-state index contributed by atoms with van der Waals surface area (Å²) < 4.78 is 5.67. The van der Waals surface area contributed by atoms with E-state index in [-0.39, 0.29) is 5.56 Å². The summed E-state index contributed by atoms with van der Waals surface area (Å²) in [7, 11) is 0. The van der Waals surface area contributed by atoms with Crippen molar-refractivity contribution in [3.05, 3.63) is 88.8 Å². The fourth-order valence-corrected chi connectivity index (χ4v) is 2.03. The summed E-state index contributed by atoms with van der Waals surface area (Å²) in [6.45, 7) is 0. The second kappa shape index (κ2) is 6.62. The largest absolute Gasteiger partial charge is 0.457 e. The first-order valence-corrected chi connectivity index (χ1v) is 7.04. The van der Waals surface area contributed by atoms with Gasteiger partial charge in [-0.15, -0.1) is 0 Å². The van der Waals surface area contributed by atoms with E-state index in [0.717, 1.165) is 5.75 Å². The minimum Gasteiger partial charge on any atom is -0.457 e. The van der Waals surface area contributed by atoms with Crippen molar-refractivity contribution in [3.63, 3.8) is 0 Å². The normalized spacial score (nSPS) is 10.1. The highest BCUT2D eigenvalue weighted by Crippen LogP contribution is 2.22. The molecule has 1 aromatic heterocycles. The van der Waals surface area contributed by atoms with Gasteiger partial charge in [-0.3, -0.25) is 9.59 Å². The predicted octanol–water partition coefficient (Wildman–Crippen LogP) is 3.42. The molecule has 1 heterocycles. The average Bonchev–Trinajstić information content (AvgIpc) is 2.58. The SMILES string of the molecule is O=C(Nc1ccc(Oc2ccccc2)cc1)c1ccc[nH]c1=O. The van der Waals surface area contributed by atoms with Crippen LogP contribution >= 0.6 is 0 Å². The lowest BCUT2D eigenvalue weighted by atomic mass is 10.2. The number of hydrogen-bond donors (Lipinski definition) is 2. The molecule has 3 aromatic rings. The Labute approximate surface area is 132 Å². The number of nitrogens with one attached hydrogen (secondary N) is 2. The van der Waals surface area contributed by atoms with Crippen molar-refractivity contribution in [1.82, 2.24) is 4.98 Å². The molecule has 114 valence electrons. The third-order valence-electron chi connectivity index (χ3n) is 3.15. The number of carbonyl (C=O) groups is 1. The maximum atomic E-state index is 12.0. The fourth-order valence-electron chi connectivity index (χ4n) is 2.03. The van der Waals surface area contributed by atoms with Gasteiger partial charge >= 0.3 is 0 Å². The van der Waals surface area contributed by atoms with Gasteiger partial charge in [0.1, 0.15) is 17.1 Å². The number of rotatable bonds is 4. The highest BCUT2D eigenvalue weighted by Gasteiger charge is 2.09. The summed E-state index contributed by atoms with van der Waals surface area (Å²) in [6, 6.07) is 19.4. The standard InChI is InChI=1S/C18H14N2O3/c21-17-16(7-4-12-19-17)18(22)20-13-8-10-15(11-9-13)23-14-5-2-1-3-6-14/h1-12H,(H,19,21)(H,20,22). The first-order valence-electron chi connectivity index (χ1n) is 7.04. The quantitative estimate of drug-likeness (QED) is 0.776. The van der Waals surface area contributed by atoms with Gasteiger partial charge in [0, 0.05) is 11.9 Å². The maximum Gasteiger partial charge on any atom is 0.261 e. The number of aromatic amines is 1. The lowest BCUT2D eigenvalue weighted by Crippen LogP contribution is -2.22. The van der Waals surface area contributed by atoms with E-state index in [2.05, 4.69) is 10.3 Å². The van der Waals surface area contributed by atoms with Gasteiger partial charge in [-0.05, 0) is 48.5 Å². The summed E-state index contributed by atoms with van der Waals surface area (Å²) >= 11 is 0. The zero-order valence-electron chi connectivity index (χ0n) is 12.2. The molecule has 0 aliphatic carbocycles. The first-order chi connectivity index (χ1) is 11.2. The van der Waals surface area contributed by atoms with Crippen LogP contribution in [-0.2, 0) is 0 Å². The second-order valence-electron chi connectivity index (χ2n) is 4.81. The van der Waals surface area contributed by atoms with E-state index in [1.54, 1.807) is 30.3 Å². The van der Waals surface area contributed by atoms with E-state index >= 15 is 0 Å². The smallest absolute Gasteiger partial charge is 0.261 e. The zero-order valence-corrected chi connectivity index (χ0v) is 12.2. The molecule has 5 nitrogen and oxygen atoms in total. The van der Waals surface area contributed by atoms with E-state index in [0.29, 0.717) is 11.4 Å². The zero-order chi connectivity index (χ0) is 16.1. The molecule has 1 amide bonds. The van der Waals surface area contributed by atoms with Gasteiger partial charge in [-0.2, -0.15) is 0 Å². The van der Waals surface area contributed by atoms with Crippen molar-refractivity contribution >= 4 is 11.6 Å².